The molecule has 0 saturated heterocycles. The van der Waals surface area contributed by atoms with Crippen LogP contribution >= 0.6 is 77.0 Å². The molecule has 0 aliphatic rings. The molecule has 0 aliphatic heterocycles. The molecule has 0 aromatic heterocycles. The van der Waals surface area contributed by atoms with Gasteiger partial charge < -0.3 is 0 Å². The van der Waals surface area contributed by atoms with Crippen molar-refractivity contribution < 1.29 is 4.79 Å². The normalized spacial score (nSPS) is 13.6. The summed E-state index contributed by atoms with van der Waals surface area (Å²) in [6, 6.07) is 16.1. The van der Waals surface area contributed by atoms with E-state index in [1.807, 2.05) is 48.5 Å². The highest BCUT2D eigenvalue weighted by atomic mass is 127. The Bertz CT molecular complexity index is 605. The van der Waals surface area contributed by atoms with Gasteiger partial charge in [0.2, 0.25) is 0 Å². The Morgan fingerprint density at radius 1 is 0.864 bits per heavy atom. The molecule has 22 heavy (non-hydrogen) atoms. The van der Waals surface area contributed by atoms with Crippen molar-refractivity contribution in [1.82, 2.24) is 0 Å². The lowest BCUT2D eigenvalue weighted by Crippen LogP contribution is -2.23. The predicted molar refractivity (Wildman–Crippen MR) is 117 cm³/mol. The Labute approximate surface area is 175 Å². The Morgan fingerprint density at radius 3 is 1.59 bits per heavy atom. The smallest absolute Gasteiger partial charge is 0.149 e. The van der Waals surface area contributed by atoms with Crippen LogP contribution in [0.4, 0.5) is 0 Å². The molecule has 0 aliphatic carbocycles. The minimum Gasteiger partial charge on any atom is -0.298 e. The van der Waals surface area contributed by atoms with Crippen molar-refractivity contribution in [3.63, 3.8) is 0 Å². The van der Waals surface area contributed by atoms with Crippen LogP contribution in [-0.2, 0) is 4.79 Å². The summed E-state index contributed by atoms with van der Waals surface area (Å²) < 4.78 is 3.60. The summed E-state index contributed by atoms with van der Waals surface area (Å²) in [6.45, 7) is 0. The lowest BCUT2D eigenvalue weighted by Gasteiger charge is -2.21. The van der Waals surface area contributed by atoms with Crippen LogP contribution in [0, 0.1) is 0 Å². The number of alkyl halides is 2. The van der Waals surface area contributed by atoms with Gasteiger partial charge in [0.1, 0.15) is 5.78 Å². The summed E-state index contributed by atoms with van der Waals surface area (Å²) in [5.74, 6) is 0.147. The van der Waals surface area contributed by atoms with Gasteiger partial charge in [-0.3, -0.25) is 4.79 Å². The number of carbonyl (C=O) groups excluding carboxylic acids is 1. The maximum absolute atomic E-state index is 13.1. The molecule has 0 saturated carbocycles. The number of carbonyl (C=O) groups is 1. The first kappa shape index (κ1) is 18.9. The first-order valence-electron chi connectivity index (χ1n) is 6.73. The first-order valence-corrected chi connectivity index (χ1v) is 11.4. The molecule has 2 aromatic rings. The molecule has 2 atom stereocenters. The van der Waals surface area contributed by atoms with Gasteiger partial charge in [-0.15, -0.1) is 0 Å². The molecule has 2 rings (SSSR count). The van der Waals surface area contributed by atoms with E-state index in [1.165, 1.54) is 0 Å². The van der Waals surface area contributed by atoms with Crippen molar-refractivity contribution in [3.8, 4) is 0 Å². The van der Waals surface area contributed by atoms with Crippen molar-refractivity contribution in [3.05, 3.63) is 68.6 Å². The number of Topliss-reactive ketones (excluding diaryl/α,β-unsaturated/α-hetero) is 1. The number of ketones is 1. The fourth-order valence-corrected chi connectivity index (χ4v) is 5.07. The molecule has 2 unspecified atom stereocenters. The quantitative estimate of drug-likeness (QED) is 0.258. The largest absolute Gasteiger partial charge is 0.298 e. The zero-order valence-corrected chi connectivity index (χ0v) is 19.1. The van der Waals surface area contributed by atoms with Crippen molar-refractivity contribution in [1.29, 1.82) is 0 Å². The second kappa shape index (κ2) is 9.13. The standard InChI is InChI=1S/C17H14Br2I2O/c18-13-5-1-3-11(7-13)15(9-20)17(22)16(10-21)12-4-2-6-14(19)8-12/h1-8,15-16H,9-10H2. The summed E-state index contributed by atoms with van der Waals surface area (Å²) in [4.78, 5) is 13.1. The SMILES string of the molecule is O=C(C(CI)c1cccc(Br)c1)C(CI)c1cccc(Br)c1. The van der Waals surface area contributed by atoms with Crippen LogP contribution in [0.15, 0.2) is 57.5 Å². The van der Waals surface area contributed by atoms with E-state index in [0.717, 1.165) is 28.9 Å². The van der Waals surface area contributed by atoms with Crippen LogP contribution < -0.4 is 0 Å². The highest BCUT2D eigenvalue weighted by molar-refractivity contribution is 14.1. The van der Waals surface area contributed by atoms with E-state index in [9.17, 15) is 4.79 Å². The van der Waals surface area contributed by atoms with Gasteiger partial charge in [0.25, 0.3) is 0 Å². The van der Waals surface area contributed by atoms with Crippen LogP contribution in [0.1, 0.15) is 23.0 Å². The average molecular weight is 648 g/mol. The second-order valence-corrected chi connectivity index (χ2v) is 8.52. The second-order valence-electron chi connectivity index (χ2n) is 4.93. The van der Waals surface area contributed by atoms with E-state index in [4.69, 9.17) is 0 Å². The molecule has 0 bridgehead atoms. The van der Waals surface area contributed by atoms with Crippen LogP contribution in [0.5, 0.6) is 0 Å². The van der Waals surface area contributed by atoms with Gasteiger partial charge in [-0.1, -0.05) is 101 Å². The number of benzene rings is 2. The van der Waals surface area contributed by atoms with Crippen LogP contribution in [0.2, 0.25) is 0 Å². The van der Waals surface area contributed by atoms with Crippen molar-refractivity contribution >= 4 is 82.8 Å². The van der Waals surface area contributed by atoms with Crippen molar-refractivity contribution in [2.75, 3.05) is 8.86 Å². The van der Waals surface area contributed by atoms with Crippen molar-refractivity contribution in [2.24, 2.45) is 0 Å². The molecule has 0 radical (unpaired) electrons. The third-order valence-electron chi connectivity index (χ3n) is 3.50. The van der Waals surface area contributed by atoms with Gasteiger partial charge in [0, 0.05) is 17.8 Å². The van der Waals surface area contributed by atoms with Crippen molar-refractivity contribution in [2.45, 2.75) is 11.8 Å². The molecule has 2 aromatic carbocycles. The first-order chi connectivity index (χ1) is 10.6. The number of halogens is 4. The van der Waals surface area contributed by atoms with Gasteiger partial charge in [0.05, 0.1) is 11.8 Å². The number of rotatable bonds is 6. The Morgan fingerprint density at radius 2 is 1.27 bits per heavy atom. The molecule has 0 spiro atoms. The zero-order chi connectivity index (χ0) is 16.1. The molecule has 0 fully saturated rings. The van der Waals surface area contributed by atoms with Crippen LogP contribution in [0.3, 0.4) is 0 Å². The Kier molecular flexibility index (Phi) is 7.83. The Balaban J connectivity index is 2.33. The highest BCUT2D eigenvalue weighted by Crippen LogP contribution is 2.31. The maximum Gasteiger partial charge on any atom is 0.149 e. The summed E-state index contributed by atoms with van der Waals surface area (Å²) >= 11 is 11.6. The Hall–Kier alpha value is 0.530. The molecular formula is C17H14Br2I2O. The van der Waals surface area contributed by atoms with E-state index in [1.54, 1.807) is 0 Å². The fourth-order valence-electron chi connectivity index (χ4n) is 2.35. The highest BCUT2D eigenvalue weighted by Gasteiger charge is 2.28. The van der Waals surface area contributed by atoms with Crippen LogP contribution in [-0.4, -0.2) is 14.6 Å². The minimum atomic E-state index is -0.0724. The van der Waals surface area contributed by atoms with E-state index in [2.05, 4.69) is 77.0 Å². The van der Waals surface area contributed by atoms with Gasteiger partial charge in [-0.2, -0.15) is 0 Å². The molecular weight excluding hydrogens is 634 g/mol. The average Bonchev–Trinajstić information content (AvgIpc) is 2.49. The number of hydrogen-bond donors (Lipinski definition) is 0. The van der Waals surface area contributed by atoms with Gasteiger partial charge in [0.15, 0.2) is 0 Å². The van der Waals surface area contributed by atoms with E-state index >= 15 is 0 Å². The fraction of sp³-hybridized carbons (Fsp3) is 0.235. The lowest BCUT2D eigenvalue weighted by atomic mass is 9.86. The summed E-state index contributed by atoms with van der Waals surface area (Å²) in [5.41, 5.74) is 2.16. The minimum absolute atomic E-state index is 0.0724. The molecule has 0 heterocycles. The maximum atomic E-state index is 13.1. The van der Waals surface area contributed by atoms with E-state index < -0.39 is 0 Å². The zero-order valence-electron chi connectivity index (χ0n) is 11.6. The van der Waals surface area contributed by atoms with E-state index in [0.29, 0.717) is 5.78 Å². The topological polar surface area (TPSA) is 17.1 Å². The number of hydrogen-bond acceptors (Lipinski definition) is 1. The van der Waals surface area contributed by atoms with Gasteiger partial charge in [-0.25, -0.2) is 0 Å². The van der Waals surface area contributed by atoms with Gasteiger partial charge in [-0.05, 0) is 35.4 Å². The molecule has 0 N–H and O–H groups in total. The lowest BCUT2D eigenvalue weighted by molar-refractivity contribution is -0.120. The molecule has 1 nitrogen and oxygen atoms in total. The van der Waals surface area contributed by atoms with Gasteiger partial charge >= 0.3 is 0 Å². The molecule has 0 amide bonds. The monoisotopic (exact) mass is 646 g/mol. The summed E-state index contributed by atoms with van der Waals surface area (Å²) in [6.07, 6.45) is 0. The third kappa shape index (κ3) is 4.77. The third-order valence-corrected chi connectivity index (χ3v) is 6.25. The summed E-state index contributed by atoms with van der Waals surface area (Å²) in [7, 11) is 0. The van der Waals surface area contributed by atoms with Crippen LogP contribution in [0.25, 0.3) is 0 Å². The summed E-state index contributed by atoms with van der Waals surface area (Å²) in [5, 5.41) is 0. The molecule has 5 heteroatoms. The molecule has 116 valence electrons. The van der Waals surface area contributed by atoms with E-state index in [-0.39, 0.29) is 11.8 Å². The predicted octanol–water partition coefficient (Wildman–Crippen LogP) is 6.52.